The van der Waals surface area contributed by atoms with E-state index in [1.807, 2.05) is 32.9 Å². The Kier molecular flexibility index (Phi) is 8.27. The van der Waals surface area contributed by atoms with Crippen LogP contribution in [0.4, 0.5) is 0 Å². The Balaban J connectivity index is 1.47. The highest BCUT2D eigenvalue weighted by molar-refractivity contribution is 6.55. The predicted molar refractivity (Wildman–Crippen MR) is 147 cm³/mol. The molecule has 2 unspecified atom stereocenters. The number of hydrogen-bond acceptors (Lipinski definition) is 3. The van der Waals surface area contributed by atoms with Crippen molar-refractivity contribution in [3.63, 3.8) is 0 Å². The molecule has 0 heterocycles. The summed E-state index contributed by atoms with van der Waals surface area (Å²) in [5.41, 5.74) is 5.50. The molecule has 0 radical (unpaired) electrons. The molecule has 4 rings (SSSR count). The summed E-state index contributed by atoms with van der Waals surface area (Å²) in [4.78, 5) is 39.7. The average molecular weight is 487 g/mol. The lowest BCUT2D eigenvalue weighted by molar-refractivity contribution is -0.136. The molecule has 0 saturated heterocycles. The summed E-state index contributed by atoms with van der Waals surface area (Å²) in [5, 5.41) is 0. The molecule has 3 heteroatoms. The molecule has 192 valence electrons. The molecule has 1 aromatic rings. The number of ketones is 3. The number of benzene rings is 1. The van der Waals surface area contributed by atoms with Crippen LogP contribution in [0.1, 0.15) is 112 Å². The maximum absolute atomic E-state index is 13.7. The van der Waals surface area contributed by atoms with Gasteiger partial charge in [0.15, 0.2) is 5.78 Å². The third kappa shape index (κ3) is 5.41. The topological polar surface area (TPSA) is 51.2 Å². The van der Waals surface area contributed by atoms with Crippen molar-refractivity contribution in [2.24, 2.45) is 23.7 Å². The third-order valence-electron chi connectivity index (χ3n) is 8.82. The van der Waals surface area contributed by atoms with Crippen LogP contribution in [0.5, 0.6) is 0 Å². The van der Waals surface area contributed by atoms with Crippen molar-refractivity contribution in [3.05, 3.63) is 64.3 Å². The number of aryl methyl sites for hydroxylation is 1. The maximum atomic E-state index is 13.7. The Morgan fingerprint density at radius 3 is 2.31 bits per heavy atom. The van der Waals surface area contributed by atoms with E-state index in [9.17, 15) is 14.4 Å². The minimum atomic E-state index is -0.391. The van der Waals surface area contributed by atoms with Gasteiger partial charge in [-0.2, -0.15) is 0 Å². The molecule has 0 spiro atoms. The number of rotatable bonds is 9. The molecule has 2 atom stereocenters. The zero-order valence-electron chi connectivity index (χ0n) is 22.7. The molecule has 0 N–H and O–H groups in total. The predicted octanol–water partition coefficient (Wildman–Crippen LogP) is 7.97. The summed E-state index contributed by atoms with van der Waals surface area (Å²) < 4.78 is 0. The van der Waals surface area contributed by atoms with Gasteiger partial charge in [0.05, 0.1) is 0 Å². The first-order valence-electron chi connectivity index (χ1n) is 14.1. The van der Waals surface area contributed by atoms with Gasteiger partial charge >= 0.3 is 0 Å². The van der Waals surface area contributed by atoms with Crippen LogP contribution in [0.25, 0.3) is 5.57 Å². The van der Waals surface area contributed by atoms with E-state index in [1.165, 1.54) is 5.57 Å². The van der Waals surface area contributed by atoms with E-state index in [0.29, 0.717) is 30.3 Å². The number of carbonyl (C=O) groups excluding carboxylic acids is 3. The molecule has 3 aliphatic carbocycles. The monoisotopic (exact) mass is 486 g/mol. The fourth-order valence-electron chi connectivity index (χ4n) is 6.32. The first-order valence-corrected chi connectivity index (χ1v) is 14.1. The van der Waals surface area contributed by atoms with E-state index < -0.39 is 5.78 Å². The molecular formula is C33H42O3. The molecule has 0 aliphatic heterocycles. The Morgan fingerprint density at radius 1 is 1.00 bits per heavy atom. The zero-order valence-corrected chi connectivity index (χ0v) is 22.7. The Bertz CT molecular complexity index is 1120. The number of carbonyl (C=O) groups is 3. The molecule has 3 nitrogen and oxygen atoms in total. The standard InChI is InChI=1S/C33H42O3/c1-6-25(7-2)32(35)33(36)30-17-21(4)27-16-22(5)28(19-29(27)30)31(34)26-14-12-24(13-15-26)18-23-10-8-20(3)9-11-23/h8,10-11,16-17,19-21,24-26H,6-7,9,12-15,18H2,1-5H3. The van der Waals surface area contributed by atoms with Crippen molar-refractivity contribution in [1.82, 2.24) is 0 Å². The van der Waals surface area contributed by atoms with Gasteiger partial charge in [0.1, 0.15) is 0 Å². The largest absolute Gasteiger partial charge is 0.294 e. The summed E-state index contributed by atoms with van der Waals surface area (Å²) >= 11 is 0. The van der Waals surface area contributed by atoms with E-state index in [0.717, 1.165) is 60.8 Å². The van der Waals surface area contributed by atoms with Crippen LogP contribution in [0.15, 0.2) is 42.0 Å². The van der Waals surface area contributed by atoms with E-state index in [-0.39, 0.29) is 29.3 Å². The molecule has 0 bridgehead atoms. The van der Waals surface area contributed by atoms with Crippen LogP contribution in [0, 0.1) is 30.6 Å². The summed E-state index contributed by atoms with van der Waals surface area (Å²) in [7, 11) is 0. The molecule has 1 saturated carbocycles. The molecular weight excluding hydrogens is 444 g/mol. The fourth-order valence-corrected chi connectivity index (χ4v) is 6.32. The molecule has 3 aliphatic rings. The van der Waals surface area contributed by atoms with Gasteiger partial charge in [-0.1, -0.05) is 63.6 Å². The molecule has 0 aromatic heterocycles. The molecule has 36 heavy (non-hydrogen) atoms. The maximum Gasteiger partial charge on any atom is 0.229 e. The lowest BCUT2D eigenvalue weighted by atomic mass is 9.75. The molecule has 1 fully saturated rings. The SMILES string of the molecule is CCC(CC)C(=O)C(=O)C1=CC(C)c2cc(C)c(C(=O)C3CCC(CC4=CCC(C)C=C4)CC3)cc21. The smallest absolute Gasteiger partial charge is 0.229 e. The number of hydrogen-bond donors (Lipinski definition) is 0. The Labute approximate surface area is 217 Å². The van der Waals surface area contributed by atoms with Gasteiger partial charge < -0.3 is 0 Å². The highest BCUT2D eigenvalue weighted by Crippen LogP contribution is 2.41. The van der Waals surface area contributed by atoms with Crippen LogP contribution in [0.3, 0.4) is 0 Å². The summed E-state index contributed by atoms with van der Waals surface area (Å²) in [6.07, 6.45) is 16.5. The third-order valence-corrected chi connectivity index (χ3v) is 8.82. The zero-order chi connectivity index (χ0) is 26.0. The second kappa shape index (κ2) is 11.2. The van der Waals surface area contributed by atoms with Crippen molar-refractivity contribution in [1.29, 1.82) is 0 Å². The average Bonchev–Trinajstić information content (AvgIpc) is 3.20. The van der Waals surface area contributed by atoms with Gasteiger partial charge in [-0.25, -0.2) is 0 Å². The van der Waals surface area contributed by atoms with Crippen LogP contribution in [-0.2, 0) is 9.59 Å². The van der Waals surface area contributed by atoms with Crippen molar-refractivity contribution in [3.8, 4) is 0 Å². The Hall–Kier alpha value is -2.55. The Morgan fingerprint density at radius 2 is 1.69 bits per heavy atom. The van der Waals surface area contributed by atoms with Crippen LogP contribution in [-0.4, -0.2) is 17.3 Å². The van der Waals surface area contributed by atoms with Gasteiger partial charge in [0.25, 0.3) is 0 Å². The fraction of sp³-hybridized carbons (Fsp3) is 0.545. The van der Waals surface area contributed by atoms with Crippen molar-refractivity contribution < 1.29 is 14.4 Å². The van der Waals surface area contributed by atoms with E-state index in [2.05, 4.69) is 38.1 Å². The molecule has 1 aromatic carbocycles. The highest BCUT2D eigenvalue weighted by atomic mass is 16.2. The normalized spacial score (nSPS) is 25.4. The van der Waals surface area contributed by atoms with Crippen LogP contribution >= 0.6 is 0 Å². The second-order valence-electron chi connectivity index (χ2n) is 11.5. The summed E-state index contributed by atoms with van der Waals surface area (Å²) in [5.74, 6) is 0.695. The summed E-state index contributed by atoms with van der Waals surface area (Å²) in [6, 6.07) is 3.99. The number of Topliss-reactive ketones (excluding diaryl/α,β-unsaturated/α-hetero) is 3. The first kappa shape index (κ1) is 26.5. The quantitative estimate of drug-likeness (QED) is 0.263. The van der Waals surface area contributed by atoms with Gasteiger partial charge in [0.2, 0.25) is 11.6 Å². The minimum absolute atomic E-state index is 0.0436. The second-order valence-corrected chi connectivity index (χ2v) is 11.5. The summed E-state index contributed by atoms with van der Waals surface area (Å²) in [6.45, 7) is 10.2. The number of allylic oxidation sites excluding steroid dienone is 6. The number of fused-ring (bicyclic) bond motifs is 1. The van der Waals surface area contributed by atoms with Gasteiger partial charge in [-0.3, -0.25) is 14.4 Å². The first-order chi connectivity index (χ1) is 17.2. The van der Waals surface area contributed by atoms with Crippen molar-refractivity contribution in [2.45, 2.75) is 91.9 Å². The lowest BCUT2D eigenvalue weighted by Gasteiger charge is -2.29. The molecule has 0 amide bonds. The van der Waals surface area contributed by atoms with Crippen molar-refractivity contribution >= 4 is 22.9 Å². The van der Waals surface area contributed by atoms with E-state index in [1.54, 1.807) is 0 Å². The van der Waals surface area contributed by atoms with Gasteiger partial charge in [0, 0.05) is 28.9 Å². The van der Waals surface area contributed by atoms with Gasteiger partial charge in [-0.05, 0) is 92.9 Å². The highest BCUT2D eigenvalue weighted by Gasteiger charge is 2.34. The van der Waals surface area contributed by atoms with Gasteiger partial charge in [-0.15, -0.1) is 0 Å². The van der Waals surface area contributed by atoms with Crippen LogP contribution < -0.4 is 0 Å². The van der Waals surface area contributed by atoms with Crippen LogP contribution in [0.2, 0.25) is 0 Å². The minimum Gasteiger partial charge on any atom is -0.294 e. The van der Waals surface area contributed by atoms with E-state index in [4.69, 9.17) is 0 Å². The van der Waals surface area contributed by atoms with E-state index >= 15 is 0 Å². The van der Waals surface area contributed by atoms with Crippen molar-refractivity contribution in [2.75, 3.05) is 0 Å². The lowest BCUT2D eigenvalue weighted by Crippen LogP contribution is -2.24.